The molecule has 2 aliphatic rings. The summed E-state index contributed by atoms with van der Waals surface area (Å²) in [6.07, 6.45) is 9.34. The van der Waals surface area contributed by atoms with Crippen molar-refractivity contribution in [1.82, 2.24) is 4.98 Å². The van der Waals surface area contributed by atoms with Crippen LogP contribution in [0.2, 0.25) is 0 Å². The second-order valence-corrected chi connectivity index (χ2v) is 5.14. The van der Waals surface area contributed by atoms with Crippen LogP contribution in [0.15, 0.2) is 18.5 Å². The smallest absolute Gasteiger partial charge is 0.0779 e. The van der Waals surface area contributed by atoms with Gasteiger partial charge in [0, 0.05) is 13.6 Å². The largest absolute Gasteiger partial charge is 0.387 e. The molecule has 0 spiro atoms. The van der Waals surface area contributed by atoms with E-state index in [9.17, 15) is 0 Å². The highest BCUT2D eigenvalue weighted by molar-refractivity contribution is 5.56. The van der Waals surface area contributed by atoms with Gasteiger partial charge in [-0.05, 0) is 18.9 Å². The fraction of sp³-hybridized carbons (Fsp3) is 0.643. The van der Waals surface area contributed by atoms with E-state index < -0.39 is 0 Å². The summed E-state index contributed by atoms with van der Waals surface area (Å²) < 4.78 is 5.91. The van der Waals surface area contributed by atoms with Crippen molar-refractivity contribution in [2.45, 2.75) is 37.8 Å². The van der Waals surface area contributed by atoms with Gasteiger partial charge in [0.25, 0.3) is 0 Å². The Morgan fingerprint density at radius 2 is 2.22 bits per heavy atom. The lowest BCUT2D eigenvalue weighted by molar-refractivity contribution is -0.00869. The summed E-state index contributed by atoms with van der Waals surface area (Å²) in [5, 5.41) is 3.16. The maximum atomic E-state index is 5.91. The van der Waals surface area contributed by atoms with Crippen molar-refractivity contribution in [2.75, 3.05) is 30.4 Å². The van der Waals surface area contributed by atoms with Crippen LogP contribution < -0.4 is 10.2 Å². The quantitative estimate of drug-likeness (QED) is 0.870. The predicted octanol–water partition coefficient (Wildman–Crippen LogP) is 2.27. The molecule has 4 heteroatoms. The molecular formula is C14H21N3O. The monoisotopic (exact) mass is 247 g/mol. The molecule has 0 radical (unpaired) electrons. The zero-order chi connectivity index (χ0) is 12.4. The molecule has 2 unspecified atom stereocenters. The van der Waals surface area contributed by atoms with Crippen molar-refractivity contribution in [1.29, 1.82) is 0 Å². The molecule has 3 rings (SSSR count). The first-order valence-corrected chi connectivity index (χ1v) is 6.89. The first kappa shape index (κ1) is 11.8. The van der Waals surface area contributed by atoms with Crippen LogP contribution in [-0.4, -0.2) is 37.3 Å². The molecule has 18 heavy (non-hydrogen) atoms. The third-order valence-corrected chi connectivity index (χ3v) is 4.08. The molecule has 2 fully saturated rings. The molecule has 1 saturated heterocycles. The summed E-state index contributed by atoms with van der Waals surface area (Å²) in [5.41, 5.74) is 2.30. The van der Waals surface area contributed by atoms with Crippen LogP contribution in [0.3, 0.4) is 0 Å². The molecule has 4 nitrogen and oxygen atoms in total. The lowest BCUT2D eigenvalue weighted by atomic mass is 9.90. The molecule has 1 saturated carbocycles. The van der Waals surface area contributed by atoms with Crippen molar-refractivity contribution < 1.29 is 4.74 Å². The van der Waals surface area contributed by atoms with Crippen molar-refractivity contribution in [2.24, 2.45) is 0 Å². The zero-order valence-electron chi connectivity index (χ0n) is 10.9. The Hall–Kier alpha value is -1.29. The average Bonchev–Trinajstić information content (AvgIpc) is 2.47. The number of ether oxygens (including phenoxy) is 1. The lowest BCUT2D eigenvalue weighted by Gasteiger charge is -2.45. The molecule has 1 aliphatic carbocycles. The van der Waals surface area contributed by atoms with Gasteiger partial charge in [0.05, 0.1) is 42.5 Å². The number of hydrogen-bond donors (Lipinski definition) is 1. The summed E-state index contributed by atoms with van der Waals surface area (Å²) in [6, 6.07) is 2.73. The van der Waals surface area contributed by atoms with Crippen molar-refractivity contribution in [3.63, 3.8) is 0 Å². The highest BCUT2D eigenvalue weighted by atomic mass is 16.5. The van der Waals surface area contributed by atoms with Gasteiger partial charge < -0.3 is 15.0 Å². The van der Waals surface area contributed by atoms with E-state index in [0.29, 0.717) is 12.1 Å². The molecule has 1 aromatic heterocycles. The minimum Gasteiger partial charge on any atom is -0.387 e. The van der Waals surface area contributed by atoms with E-state index in [1.54, 1.807) is 0 Å². The molecular weight excluding hydrogens is 226 g/mol. The maximum absolute atomic E-state index is 5.91. The van der Waals surface area contributed by atoms with Crippen molar-refractivity contribution >= 4 is 11.4 Å². The molecule has 0 bridgehead atoms. The fourth-order valence-corrected chi connectivity index (χ4v) is 3.14. The Bertz CT molecular complexity index is 408. The van der Waals surface area contributed by atoms with Crippen LogP contribution in [0.25, 0.3) is 0 Å². The molecule has 0 amide bonds. The van der Waals surface area contributed by atoms with Gasteiger partial charge in [-0.2, -0.15) is 0 Å². The Kier molecular flexibility index (Phi) is 3.37. The molecule has 0 aromatic carbocycles. The number of rotatable bonds is 2. The van der Waals surface area contributed by atoms with Crippen LogP contribution in [0.1, 0.15) is 25.7 Å². The van der Waals surface area contributed by atoms with Gasteiger partial charge in [0.15, 0.2) is 0 Å². The third-order valence-electron chi connectivity index (χ3n) is 4.08. The van der Waals surface area contributed by atoms with Crippen molar-refractivity contribution in [3.05, 3.63) is 18.5 Å². The number of fused-ring (bicyclic) bond motifs is 1. The number of morpholine rings is 1. The first-order valence-electron chi connectivity index (χ1n) is 6.89. The summed E-state index contributed by atoms with van der Waals surface area (Å²) in [6.45, 7) is 1.82. The van der Waals surface area contributed by atoms with Gasteiger partial charge in [-0.15, -0.1) is 0 Å². The Morgan fingerprint density at radius 1 is 1.33 bits per heavy atom. The summed E-state index contributed by atoms with van der Waals surface area (Å²) in [5.74, 6) is 0. The SMILES string of the molecule is CNc1cncc(N2CCOC3CCCCC32)c1. The maximum Gasteiger partial charge on any atom is 0.0779 e. The van der Waals surface area contributed by atoms with Gasteiger partial charge in [0.2, 0.25) is 0 Å². The van der Waals surface area contributed by atoms with Gasteiger partial charge in [-0.1, -0.05) is 12.8 Å². The number of nitrogens with one attached hydrogen (secondary N) is 1. The minimum absolute atomic E-state index is 0.422. The van der Waals surface area contributed by atoms with Gasteiger partial charge in [-0.25, -0.2) is 0 Å². The van der Waals surface area contributed by atoms with E-state index in [-0.39, 0.29) is 0 Å². The van der Waals surface area contributed by atoms with Crippen LogP contribution >= 0.6 is 0 Å². The topological polar surface area (TPSA) is 37.4 Å². The second kappa shape index (κ2) is 5.14. The van der Waals surface area contributed by atoms with Crippen LogP contribution in [0.4, 0.5) is 11.4 Å². The Balaban J connectivity index is 1.84. The molecule has 2 atom stereocenters. The Labute approximate surface area is 108 Å². The molecule has 1 N–H and O–H groups in total. The van der Waals surface area contributed by atoms with E-state index in [1.807, 2.05) is 19.4 Å². The van der Waals surface area contributed by atoms with Gasteiger partial charge in [-0.3, -0.25) is 4.98 Å². The van der Waals surface area contributed by atoms with E-state index in [0.717, 1.165) is 18.8 Å². The molecule has 98 valence electrons. The zero-order valence-corrected chi connectivity index (χ0v) is 10.9. The van der Waals surface area contributed by atoms with Crippen LogP contribution in [0, 0.1) is 0 Å². The molecule has 1 aliphatic heterocycles. The molecule has 1 aromatic rings. The first-order chi connectivity index (χ1) is 8.88. The average molecular weight is 247 g/mol. The minimum atomic E-state index is 0.422. The lowest BCUT2D eigenvalue weighted by Crippen LogP contribution is -2.52. The fourth-order valence-electron chi connectivity index (χ4n) is 3.14. The summed E-state index contributed by atoms with van der Waals surface area (Å²) in [7, 11) is 1.93. The number of pyridine rings is 1. The normalized spacial score (nSPS) is 27.7. The summed E-state index contributed by atoms with van der Waals surface area (Å²) >= 11 is 0. The summed E-state index contributed by atoms with van der Waals surface area (Å²) in [4.78, 5) is 6.81. The van der Waals surface area contributed by atoms with Crippen LogP contribution in [0.5, 0.6) is 0 Å². The van der Waals surface area contributed by atoms with Gasteiger partial charge >= 0.3 is 0 Å². The highest BCUT2D eigenvalue weighted by Gasteiger charge is 2.34. The number of aromatic nitrogens is 1. The third kappa shape index (κ3) is 2.17. The second-order valence-electron chi connectivity index (χ2n) is 5.14. The molecule has 2 heterocycles. The standard InChI is InChI=1S/C14H21N3O/c1-15-11-8-12(10-16-9-11)17-6-7-18-14-5-3-2-4-13(14)17/h8-10,13-15H,2-7H2,1H3. The number of anilines is 2. The van der Waals surface area contributed by atoms with E-state index >= 15 is 0 Å². The van der Waals surface area contributed by atoms with E-state index in [1.165, 1.54) is 31.4 Å². The Morgan fingerprint density at radius 3 is 3.11 bits per heavy atom. The van der Waals surface area contributed by atoms with E-state index in [2.05, 4.69) is 21.3 Å². The van der Waals surface area contributed by atoms with E-state index in [4.69, 9.17) is 4.74 Å². The number of nitrogens with zero attached hydrogens (tertiary/aromatic N) is 2. The van der Waals surface area contributed by atoms with Crippen molar-refractivity contribution in [3.8, 4) is 0 Å². The predicted molar refractivity (Wildman–Crippen MR) is 73.1 cm³/mol. The van der Waals surface area contributed by atoms with Gasteiger partial charge in [0.1, 0.15) is 0 Å². The highest BCUT2D eigenvalue weighted by Crippen LogP contribution is 2.32. The van der Waals surface area contributed by atoms with Crippen LogP contribution in [-0.2, 0) is 4.74 Å². The number of hydrogen-bond acceptors (Lipinski definition) is 4.